The van der Waals surface area contributed by atoms with E-state index in [-0.39, 0.29) is 0 Å². The molecule has 3 aromatic heterocycles. The predicted molar refractivity (Wildman–Crippen MR) is 111 cm³/mol. The van der Waals surface area contributed by atoms with Crippen molar-refractivity contribution in [2.75, 3.05) is 0 Å². The number of furan rings is 2. The second-order valence-electron chi connectivity index (χ2n) is 6.42. The summed E-state index contributed by atoms with van der Waals surface area (Å²) in [6.07, 6.45) is 3.13. The monoisotopic (exact) mass is 416 g/mol. The fourth-order valence-corrected chi connectivity index (χ4v) is 3.15. The van der Waals surface area contributed by atoms with Crippen LogP contribution in [0.2, 0.25) is 5.02 Å². The van der Waals surface area contributed by atoms with Gasteiger partial charge in [0.2, 0.25) is 0 Å². The van der Waals surface area contributed by atoms with Gasteiger partial charge in [-0.2, -0.15) is 0 Å². The lowest BCUT2D eigenvalue weighted by atomic mass is 10.1. The second-order valence-corrected chi connectivity index (χ2v) is 6.86. The maximum Gasteiger partial charge on any atom is 0.343 e. The number of hydrogen-bond acceptors (Lipinski definition) is 6. The molecule has 6 nitrogen and oxygen atoms in total. The number of fused-ring (bicyclic) bond motifs is 1. The number of aromatic nitrogens is 2. The SMILES string of the molecule is O=C(Oc1ccc(Cl)cc1)c1ccc2nc(-c3ccco3)c(-c3ccco3)nc2c1. The minimum atomic E-state index is -0.504. The van der Waals surface area contributed by atoms with Crippen molar-refractivity contribution in [1.29, 1.82) is 0 Å². The zero-order valence-corrected chi connectivity index (χ0v) is 16.2. The first-order valence-electron chi connectivity index (χ1n) is 9.05. The number of carbonyl (C=O) groups excluding carboxylic acids is 1. The van der Waals surface area contributed by atoms with Crippen LogP contribution in [-0.4, -0.2) is 15.9 Å². The highest BCUT2D eigenvalue weighted by atomic mass is 35.5. The van der Waals surface area contributed by atoms with E-state index in [1.807, 2.05) is 0 Å². The van der Waals surface area contributed by atoms with Crippen molar-refractivity contribution in [3.05, 3.63) is 89.8 Å². The van der Waals surface area contributed by atoms with Crippen molar-refractivity contribution in [2.24, 2.45) is 0 Å². The van der Waals surface area contributed by atoms with Gasteiger partial charge >= 0.3 is 5.97 Å². The van der Waals surface area contributed by atoms with Crippen molar-refractivity contribution in [3.63, 3.8) is 0 Å². The third-order valence-corrected chi connectivity index (χ3v) is 4.69. The van der Waals surface area contributed by atoms with E-state index in [2.05, 4.69) is 4.98 Å². The van der Waals surface area contributed by atoms with Crippen molar-refractivity contribution in [3.8, 4) is 28.7 Å². The van der Waals surface area contributed by atoms with Gasteiger partial charge in [0.25, 0.3) is 0 Å². The number of rotatable bonds is 4. The Kier molecular flexibility index (Phi) is 4.53. The molecule has 5 aromatic rings. The topological polar surface area (TPSA) is 78.4 Å². The van der Waals surface area contributed by atoms with Gasteiger partial charge in [-0.25, -0.2) is 14.8 Å². The Morgan fingerprint density at radius 2 is 1.43 bits per heavy atom. The molecule has 0 bridgehead atoms. The summed E-state index contributed by atoms with van der Waals surface area (Å²) >= 11 is 5.87. The van der Waals surface area contributed by atoms with Crippen LogP contribution in [0.15, 0.2) is 88.1 Å². The maximum absolute atomic E-state index is 12.6. The van der Waals surface area contributed by atoms with E-state index in [1.54, 1.807) is 79.3 Å². The van der Waals surface area contributed by atoms with Gasteiger partial charge in [0.15, 0.2) is 11.5 Å². The predicted octanol–water partition coefficient (Wildman–Crippen LogP) is 6.02. The summed E-state index contributed by atoms with van der Waals surface area (Å²) in [4.78, 5) is 22.0. The Bertz CT molecular complexity index is 1330. The third kappa shape index (κ3) is 3.44. The molecule has 5 rings (SSSR count). The number of esters is 1. The summed E-state index contributed by atoms with van der Waals surface area (Å²) in [6, 6.07) is 18.7. The average molecular weight is 417 g/mol. The number of halogens is 1. The highest BCUT2D eigenvalue weighted by Gasteiger charge is 2.18. The summed E-state index contributed by atoms with van der Waals surface area (Å²) in [5.41, 5.74) is 2.56. The van der Waals surface area contributed by atoms with E-state index in [0.717, 1.165) is 0 Å². The van der Waals surface area contributed by atoms with Gasteiger partial charge < -0.3 is 13.6 Å². The molecule has 30 heavy (non-hydrogen) atoms. The minimum Gasteiger partial charge on any atom is -0.463 e. The third-order valence-electron chi connectivity index (χ3n) is 4.43. The molecule has 0 saturated carbocycles. The van der Waals surface area contributed by atoms with Crippen LogP contribution < -0.4 is 4.74 Å². The fourth-order valence-electron chi connectivity index (χ4n) is 3.02. The van der Waals surface area contributed by atoms with Gasteiger partial charge in [0.1, 0.15) is 17.1 Å². The lowest BCUT2D eigenvalue weighted by Crippen LogP contribution is -2.08. The molecule has 0 aliphatic heterocycles. The van der Waals surface area contributed by atoms with E-state index in [1.165, 1.54) is 0 Å². The Hall–Kier alpha value is -3.90. The molecule has 0 atom stereocenters. The lowest BCUT2D eigenvalue weighted by molar-refractivity contribution is 0.0735. The Labute approximate surface area is 175 Å². The standard InChI is InChI=1S/C23H13ClN2O4/c24-15-6-8-16(9-7-15)30-23(27)14-5-10-17-18(13-14)26-22(20-4-2-12-29-20)21(25-17)19-3-1-11-28-19/h1-13H. The maximum atomic E-state index is 12.6. The summed E-state index contributed by atoms with van der Waals surface area (Å²) < 4.78 is 16.5. The van der Waals surface area contributed by atoms with Gasteiger partial charge in [-0.3, -0.25) is 0 Å². The number of benzene rings is 2. The van der Waals surface area contributed by atoms with Gasteiger partial charge in [0.05, 0.1) is 29.1 Å². The molecule has 0 aliphatic carbocycles. The van der Waals surface area contributed by atoms with Crippen LogP contribution in [0, 0.1) is 0 Å². The van der Waals surface area contributed by atoms with E-state index < -0.39 is 5.97 Å². The van der Waals surface area contributed by atoms with Crippen LogP contribution in [0.5, 0.6) is 5.75 Å². The number of ether oxygens (including phenoxy) is 1. The molecule has 0 aliphatic rings. The van der Waals surface area contributed by atoms with E-state index >= 15 is 0 Å². The quantitative estimate of drug-likeness (QED) is 0.263. The highest BCUT2D eigenvalue weighted by Crippen LogP contribution is 2.31. The van der Waals surface area contributed by atoms with Crippen LogP contribution in [0.3, 0.4) is 0 Å². The van der Waals surface area contributed by atoms with Crippen molar-refractivity contribution < 1.29 is 18.4 Å². The molecule has 146 valence electrons. The molecule has 0 radical (unpaired) electrons. The van der Waals surface area contributed by atoms with Crippen LogP contribution in [0.4, 0.5) is 0 Å². The van der Waals surface area contributed by atoms with Crippen LogP contribution >= 0.6 is 11.6 Å². The number of carbonyl (C=O) groups is 1. The first kappa shape index (κ1) is 18.1. The Morgan fingerprint density at radius 1 is 0.800 bits per heavy atom. The van der Waals surface area contributed by atoms with E-state index in [0.29, 0.717) is 50.3 Å². The smallest absolute Gasteiger partial charge is 0.343 e. The van der Waals surface area contributed by atoms with E-state index in [9.17, 15) is 4.79 Å². The Balaban J connectivity index is 1.56. The number of nitrogens with zero attached hydrogens (tertiary/aromatic N) is 2. The fraction of sp³-hybridized carbons (Fsp3) is 0. The van der Waals surface area contributed by atoms with Crippen LogP contribution in [0.1, 0.15) is 10.4 Å². The molecular weight excluding hydrogens is 404 g/mol. The molecule has 0 spiro atoms. The van der Waals surface area contributed by atoms with Crippen molar-refractivity contribution in [2.45, 2.75) is 0 Å². The molecule has 3 heterocycles. The average Bonchev–Trinajstić information content (AvgIpc) is 3.48. The molecule has 0 unspecified atom stereocenters. The highest BCUT2D eigenvalue weighted by molar-refractivity contribution is 6.30. The zero-order valence-electron chi connectivity index (χ0n) is 15.4. The van der Waals surface area contributed by atoms with Gasteiger partial charge in [-0.15, -0.1) is 0 Å². The summed E-state index contributed by atoms with van der Waals surface area (Å²) in [7, 11) is 0. The zero-order chi connectivity index (χ0) is 20.5. The number of hydrogen-bond donors (Lipinski definition) is 0. The molecule has 0 fully saturated rings. The van der Waals surface area contributed by atoms with Crippen LogP contribution in [0.25, 0.3) is 33.9 Å². The first-order valence-corrected chi connectivity index (χ1v) is 9.42. The van der Waals surface area contributed by atoms with Gasteiger partial charge in [-0.1, -0.05) is 11.6 Å². The Morgan fingerprint density at radius 3 is 2.03 bits per heavy atom. The molecular formula is C23H13ClN2O4. The van der Waals surface area contributed by atoms with Gasteiger partial charge in [0, 0.05) is 5.02 Å². The summed E-state index contributed by atoms with van der Waals surface area (Å²) in [6.45, 7) is 0. The van der Waals surface area contributed by atoms with E-state index in [4.69, 9.17) is 30.2 Å². The van der Waals surface area contributed by atoms with Gasteiger partial charge in [-0.05, 0) is 66.7 Å². The molecule has 2 aromatic carbocycles. The van der Waals surface area contributed by atoms with Crippen LogP contribution in [-0.2, 0) is 0 Å². The molecule has 7 heteroatoms. The largest absolute Gasteiger partial charge is 0.463 e. The minimum absolute atomic E-state index is 0.350. The molecule has 0 amide bonds. The lowest BCUT2D eigenvalue weighted by Gasteiger charge is -2.08. The normalized spacial score (nSPS) is 11.0. The summed E-state index contributed by atoms with van der Waals surface area (Å²) in [5, 5.41) is 0.564. The molecule has 0 N–H and O–H groups in total. The molecule has 0 saturated heterocycles. The second kappa shape index (κ2) is 7.50. The first-order chi connectivity index (χ1) is 14.7. The van der Waals surface area contributed by atoms with Crippen molar-refractivity contribution >= 4 is 28.6 Å². The summed E-state index contributed by atoms with van der Waals surface area (Å²) in [5.74, 6) is 1.02. The van der Waals surface area contributed by atoms with Crippen molar-refractivity contribution in [1.82, 2.24) is 9.97 Å².